The van der Waals surface area contributed by atoms with Gasteiger partial charge in [-0.05, 0) is 37.0 Å². The van der Waals surface area contributed by atoms with Gasteiger partial charge in [0.25, 0.3) is 5.91 Å². The summed E-state index contributed by atoms with van der Waals surface area (Å²) in [5.41, 5.74) is 2.22. The van der Waals surface area contributed by atoms with Gasteiger partial charge in [0.05, 0.1) is 11.5 Å². The lowest BCUT2D eigenvalue weighted by Gasteiger charge is -2.34. The first-order valence-corrected chi connectivity index (χ1v) is 12.2. The molecule has 2 saturated heterocycles. The molecule has 0 atom stereocenters. The highest BCUT2D eigenvalue weighted by Gasteiger charge is 2.32. The van der Waals surface area contributed by atoms with Crippen LogP contribution in [0.1, 0.15) is 37.8 Å². The van der Waals surface area contributed by atoms with Crippen molar-refractivity contribution in [2.75, 3.05) is 39.3 Å². The number of rotatable bonds is 7. The largest absolute Gasteiger partial charge is 0.450 e. The summed E-state index contributed by atoms with van der Waals surface area (Å²) in [6.07, 6.45) is 3.40. The number of hydrogen-bond acceptors (Lipinski definition) is 6. The van der Waals surface area contributed by atoms with Gasteiger partial charge in [-0.1, -0.05) is 55.2 Å². The minimum absolute atomic E-state index is 0.0329. The minimum atomic E-state index is -0.330. The van der Waals surface area contributed by atoms with Gasteiger partial charge in [0.15, 0.2) is 0 Å². The van der Waals surface area contributed by atoms with Crippen molar-refractivity contribution in [3.63, 3.8) is 0 Å². The number of piperazine rings is 1. The van der Waals surface area contributed by atoms with Crippen molar-refractivity contribution in [3.8, 4) is 0 Å². The molecule has 2 fully saturated rings. The van der Waals surface area contributed by atoms with Gasteiger partial charge >= 0.3 is 6.09 Å². The number of thiocarbonyl (C=S) groups is 1. The second-order valence-electron chi connectivity index (χ2n) is 7.60. The first-order valence-electron chi connectivity index (χ1n) is 11.0. The minimum Gasteiger partial charge on any atom is -0.450 e. The number of aryl methyl sites for hydroxylation is 1. The summed E-state index contributed by atoms with van der Waals surface area (Å²) in [4.78, 5) is 42.7. The number of thioether (sulfide) groups is 1. The van der Waals surface area contributed by atoms with E-state index in [4.69, 9.17) is 17.0 Å². The maximum absolute atomic E-state index is 12.8. The Labute approximate surface area is 198 Å². The van der Waals surface area contributed by atoms with E-state index in [9.17, 15) is 14.4 Å². The van der Waals surface area contributed by atoms with Gasteiger partial charge in [0.2, 0.25) is 5.91 Å². The highest BCUT2D eigenvalue weighted by molar-refractivity contribution is 8.26. The van der Waals surface area contributed by atoms with E-state index in [-0.39, 0.29) is 17.9 Å². The van der Waals surface area contributed by atoms with Gasteiger partial charge in [0.1, 0.15) is 4.32 Å². The summed E-state index contributed by atoms with van der Waals surface area (Å²) in [5.74, 6) is -0.0689. The second kappa shape index (κ2) is 11.5. The molecule has 2 aliphatic heterocycles. The molecule has 0 aromatic heterocycles. The molecule has 3 rings (SSSR count). The zero-order valence-electron chi connectivity index (χ0n) is 18.5. The average molecular weight is 476 g/mol. The Bertz CT molecular complexity index is 893. The molecule has 1 aromatic rings. The molecule has 2 heterocycles. The number of ether oxygens (including phenoxy) is 1. The van der Waals surface area contributed by atoms with Gasteiger partial charge in [-0.15, -0.1) is 0 Å². The van der Waals surface area contributed by atoms with Gasteiger partial charge in [-0.2, -0.15) is 0 Å². The fourth-order valence-electron chi connectivity index (χ4n) is 3.59. The van der Waals surface area contributed by atoms with Crippen molar-refractivity contribution in [2.24, 2.45) is 0 Å². The highest BCUT2D eigenvalue weighted by Crippen LogP contribution is 2.32. The topological polar surface area (TPSA) is 70.2 Å². The lowest BCUT2D eigenvalue weighted by atomic mass is 10.1. The van der Waals surface area contributed by atoms with Crippen molar-refractivity contribution in [3.05, 3.63) is 40.3 Å². The monoisotopic (exact) mass is 475 g/mol. The summed E-state index contributed by atoms with van der Waals surface area (Å²) in [5, 5.41) is 0. The number of benzene rings is 1. The molecule has 172 valence electrons. The molecular weight excluding hydrogens is 446 g/mol. The third-order valence-electron chi connectivity index (χ3n) is 5.49. The molecule has 0 N–H and O–H groups in total. The normalized spacial score (nSPS) is 17.9. The standard InChI is InChI=1S/C23H29N3O4S2/c1-3-17-7-9-18(10-8-17)16-19-21(28)26(23(31)32-19)11-5-6-20(27)24-12-14-25(15-13-24)22(29)30-4-2/h7-10,16H,3-6,11-15H2,1-2H3/b19-16+. The van der Waals surface area contributed by atoms with Crippen LogP contribution in [0.25, 0.3) is 6.08 Å². The predicted octanol–water partition coefficient (Wildman–Crippen LogP) is 3.53. The van der Waals surface area contributed by atoms with E-state index in [0.29, 0.717) is 61.4 Å². The molecule has 0 bridgehead atoms. The molecule has 32 heavy (non-hydrogen) atoms. The van der Waals surface area contributed by atoms with Crippen LogP contribution in [0.3, 0.4) is 0 Å². The van der Waals surface area contributed by atoms with E-state index in [1.807, 2.05) is 18.2 Å². The van der Waals surface area contributed by atoms with Crippen molar-refractivity contribution < 1.29 is 19.1 Å². The fraction of sp³-hybridized carbons (Fsp3) is 0.478. The fourth-order valence-corrected chi connectivity index (χ4v) is 4.90. The van der Waals surface area contributed by atoms with E-state index >= 15 is 0 Å². The maximum atomic E-state index is 12.8. The van der Waals surface area contributed by atoms with E-state index in [0.717, 1.165) is 12.0 Å². The van der Waals surface area contributed by atoms with E-state index in [2.05, 4.69) is 19.1 Å². The van der Waals surface area contributed by atoms with Crippen LogP contribution in [0.15, 0.2) is 29.2 Å². The molecule has 7 nitrogen and oxygen atoms in total. The third-order valence-corrected chi connectivity index (χ3v) is 6.87. The molecule has 9 heteroatoms. The summed E-state index contributed by atoms with van der Waals surface area (Å²) >= 11 is 6.70. The average Bonchev–Trinajstić information content (AvgIpc) is 3.07. The van der Waals surface area contributed by atoms with E-state index < -0.39 is 0 Å². The van der Waals surface area contributed by atoms with Gasteiger partial charge in [-0.3, -0.25) is 14.5 Å². The van der Waals surface area contributed by atoms with Crippen molar-refractivity contribution in [2.45, 2.75) is 33.1 Å². The molecule has 2 aliphatic rings. The predicted molar refractivity (Wildman–Crippen MR) is 130 cm³/mol. The smallest absolute Gasteiger partial charge is 0.409 e. The number of carbonyl (C=O) groups excluding carboxylic acids is 3. The van der Waals surface area contributed by atoms with Crippen molar-refractivity contribution in [1.82, 2.24) is 14.7 Å². The van der Waals surface area contributed by atoms with Gasteiger partial charge in [-0.25, -0.2) is 4.79 Å². The number of carbonyl (C=O) groups is 3. The van der Waals surface area contributed by atoms with Crippen LogP contribution in [-0.2, 0) is 20.7 Å². The summed E-state index contributed by atoms with van der Waals surface area (Å²) in [6, 6.07) is 8.13. The molecule has 0 saturated carbocycles. The Morgan fingerprint density at radius 1 is 1.09 bits per heavy atom. The molecular formula is C23H29N3O4S2. The van der Waals surface area contributed by atoms with Crippen LogP contribution >= 0.6 is 24.0 Å². The molecule has 3 amide bonds. The third kappa shape index (κ3) is 6.10. The lowest BCUT2D eigenvalue weighted by Crippen LogP contribution is -2.50. The van der Waals surface area contributed by atoms with Crippen LogP contribution in [0.2, 0.25) is 0 Å². The van der Waals surface area contributed by atoms with Gasteiger partial charge < -0.3 is 14.5 Å². The van der Waals surface area contributed by atoms with Crippen LogP contribution in [0.4, 0.5) is 4.79 Å². The number of amides is 3. The summed E-state index contributed by atoms with van der Waals surface area (Å²) < 4.78 is 5.53. The molecule has 0 spiro atoms. The summed E-state index contributed by atoms with van der Waals surface area (Å²) in [7, 11) is 0. The van der Waals surface area contributed by atoms with E-state index in [1.54, 1.807) is 21.6 Å². The Morgan fingerprint density at radius 2 is 1.75 bits per heavy atom. The Hall–Kier alpha value is -2.39. The SMILES string of the molecule is CCOC(=O)N1CCN(C(=O)CCCN2C(=O)/C(=C\c3ccc(CC)cc3)SC2=S)CC1. The first-order chi connectivity index (χ1) is 15.4. The highest BCUT2D eigenvalue weighted by atomic mass is 32.2. The Kier molecular flexibility index (Phi) is 8.69. The number of hydrogen-bond donors (Lipinski definition) is 0. The maximum Gasteiger partial charge on any atom is 0.409 e. The van der Waals surface area contributed by atoms with E-state index in [1.165, 1.54) is 17.3 Å². The lowest BCUT2D eigenvalue weighted by molar-refractivity contribution is -0.133. The van der Waals surface area contributed by atoms with Crippen LogP contribution in [-0.4, -0.2) is 76.3 Å². The Morgan fingerprint density at radius 3 is 2.38 bits per heavy atom. The zero-order chi connectivity index (χ0) is 23.1. The molecule has 0 unspecified atom stereocenters. The van der Waals surface area contributed by atoms with Crippen molar-refractivity contribution in [1.29, 1.82) is 0 Å². The zero-order valence-corrected chi connectivity index (χ0v) is 20.2. The molecule has 0 aliphatic carbocycles. The van der Waals surface area contributed by atoms with Gasteiger partial charge in [0, 0.05) is 39.1 Å². The van der Waals surface area contributed by atoms with Crippen LogP contribution < -0.4 is 0 Å². The summed E-state index contributed by atoms with van der Waals surface area (Å²) in [6.45, 7) is 6.59. The van der Waals surface area contributed by atoms with Crippen LogP contribution in [0.5, 0.6) is 0 Å². The quantitative estimate of drug-likeness (QED) is 0.444. The van der Waals surface area contributed by atoms with Crippen LogP contribution in [0, 0.1) is 0 Å². The Balaban J connectivity index is 1.46. The molecule has 0 radical (unpaired) electrons. The second-order valence-corrected chi connectivity index (χ2v) is 9.27. The van der Waals surface area contributed by atoms with Crippen molar-refractivity contribution >= 4 is 52.3 Å². The first kappa shape index (κ1) is 24.3. The number of nitrogens with zero attached hydrogens (tertiary/aromatic N) is 3. The molecule has 1 aromatic carbocycles.